The largest absolute Gasteiger partial charge is 0.465 e. The summed E-state index contributed by atoms with van der Waals surface area (Å²) in [4.78, 5) is 13.9. The monoisotopic (exact) mass is 399 g/mol. The van der Waals surface area contributed by atoms with Gasteiger partial charge in [-0.15, -0.1) is 0 Å². The molecule has 156 valence electrons. The molecule has 1 aliphatic rings. The van der Waals surface area contributed by atoms with Crippen LogP contribution in [0.15, 0.2) is 48.5 Å². The maximum Gasteiger partial charge on any atom is 0.408 e. The number of carboxylic acid groups (broad SMARTS) is 1. The molecule has 2 aromatic carbocycles. The second-order valence-corrected chi connectivity index (χ2v) is 7.82. The number of carbonyl (C=O) groups is 1. The van der Waals surface area contributed by atoms with E-state index in [1.165, 1.54) is 12.1 Å². The fourth-order valence-electron chi connectivity index (χ4n) is 4.19. The number of nitrogens with zero attached hydrogens (tertiary/aromatic N) is 1. The summed E-state index contributed by atoms with van der Waals surface area (Å²) in [6.45, 7) is 4.95. The summed E-state index contributed by atoms with van der Waals surface area (Å²) < 4.78 is 18.7. The molecule has 2 aromatic rings. The zero-order chi connectivity index (χ0) is 20.9. The van der Waals surface area contributed by atoms with Gasteiger partial charge in [0.1, 0.15) is 11.4 Å². The molecular weight excluding hydrogens is 369 g/mol. The third-order valence-corrected chi connectivity index (χ3v) is 5.93. The predicted octanol–water partition coefficient (Wildman–Crippen LogP) is 6.06. The van der Waals surface area contributed by atoms with Crippen LogP contribution in [-0.2, 0) is 10.3 Å². The molecule has 1 saturated heterocycles. The van der Waals surface area contributed by atoms with E-state index in [0.717, 1.165) is 48.8 Å². The Labute approximate surface area is 172 Å². The van der Waals surface area contributed by atoms with E-state index in [0.29, 0.717) is 13.2 Å². The van der Waals surface area contributed by atoms with Crippen LogP contribution in [0, 0.1) is 5.82 Å². The Morgan fingerprint density at radius 3 is 2.10 bits per heavy atom. The lowest BCUT2D eigenvalue weighted by molar-refractivity contribution is -0.147. The molecule has 4 nitrogen and oxygen atoms in total. The van der Waals surface area contributed by atoms with Crippen LogP contribution in [0.3, 0.4) is 0 Å². The Hall–Kier alpha value is -2.40. The zero-order valence-corrected chi connectivity index (χ0v) is 17.2. The van der Waals surface area contributed by atoms with Crippen molar-refractivity contribution in [3.05, 3.63) is 59.9 Å². The van der Waals surface area contributed by atoms with Gasteiger partial charge < -0.3 is 9.84 Å². The van der Waals surface area contributed by atoms with Gasteiger partial charge in [0.15, 0.2) is 0 Å². The highest BCUT2D eigenvalue weighted by atomic mass is 19.1. The second kappa shape index (κ2) is 9.40. The van der Waals surface area contributed by atoms with Crippen LogP contribution in [0.25, 0.3) is 11.1 Å². The van der Waals surface area contributed by atoms with E-state index in [1.54, 1.807) is 17.0 Å². The van der Waals surface area contributed by atoms with Crippen molar-refractivity contribution in [3.63, 3.8) is 0 Å². The van der Waals surface area contributed by atoms with Crippen molar-refractivity contribution < 1.29 is 19.0 Å². The summed E-state index contributed by atoms with van der Waals surface area (Å²) >= 11 is 0. The van der Waals surface area contributed by atoms with E-state index >= 15 is 0 Å². The first kappa shape index (κ1) is 21.3. The van der Waals surface area contributed by atoms with Crippen molar-refractivity contribution in [2.75, 3.05) is 13.2 Å². The highest BCUT2D eigenvalue weighted by Crippen LogP contribution is 2.40. The van der Waals surface area contributed by atoms with Gasteiger partial charge in [0.2, 0.25) is 0 Å². The summed E-state index contributed by atoms with van der Waals surface area (Å²) in [6.07, 6.45) is 4.01. The van der Waals surface area contributed by atoms with Crippen molar-refractivity contribution in [1.29, 1.82) is 0 Å². The number of amides is 1. The average Bonchev–Trinajstić information content (AvgIpc) is 2.69. The van der Waals surface area contributed by atoms with Crippen molar-refractivity contribution in [2.24, 2.45) is 0 Å². The van der Waals surface area contributed by atoms with Gasteiger partial charge in [0.05, 0.1) is 13.2 Å². The van der Waals surface area contributed by atoms with Crippen LogP contribution >= 0.6 is 0 Å². The number of halogens is 1. The molecule has 1 aliphatic heterocycles. The van der Waals surface area contributed by atoms with Crippen LogP contribution in [0.5, 0.6) is 0 Å². The van der Waals surface area contributed by atoms with E-state index in [1.807, 2.05) is 24.3 Å². The third-order valence-electron chi connectivity index (χ3n) is 5.93. The zero-order valence-electron chi connectivity index (χ0n) is 17.2. The van der Waals surface area contributed by atoms with Crippen molar-refractivity contribution in [1.82, 2.24) is 4.90 Å². The van der Waals surface area contributed by atoms with E-state index in [9.17, 15) is 14.3 Å². The second-order valence-electron chi connectivity index (χ2n) is 7.82. The first-order chi connectivity index (χ1) is 14.0. The van der Waals surface area contributed by atoms with Gasteiger partial charge in [-0.3, -0.25) is 4.90 Å². The Morgan fingerprint density at radius 1 is 1.07 bits per heavy atom. The lowest BCUT2D eigenvalue weighted by Gasteiger charge is -2.51. The van der Waals surface area contributed by atoms with Crippen molar-refractivity contribution in [2.45, 2.75) is 57.5 Å². The molecular formula is C24H30FNO3. The Balaban J connectivity index is 1.88. The molecule has 0 spiro atoms. The van der Waals surface area contributed by atoms with Crippen molar-refractivity contribution >= 4 is 6.09 Å². The van der Waals surface area contributed by atoms with Gasteiger partial charge in [0, 0.05) is 6.04 Å². The number of hydrogen-bond acceptors (Lipinski definition) is 2. The molecule has 0 aromatic heterocycles. The van der Waals surface area contributed by atoms with Crippen LogP contribution in [0.2, 0.25) is 0 Å². The third kappa shape index (κ3) is 4.45. The minimum atomic E-state index is -0.890. The molecule has 0 bridgehead atoms. The van der Waals surface area contributed by atoms with Crippen LogP contribution < -0.4 is 0 Å². The van der Waals surface area contributed by atoms with E-state index in [2.05, 4.69) is 13.8 Å². The highest BCUT2D eigenvalue weighted by Gasteiger charge is 2.50. The van der Waals surface area contributed by atoms with Crippen LogP contribution in [0.1, 0.15) is 51.5 Å². The molecule has 1 fully saturated rings. The summed E-state index contributed by atoms with van der Waals surface area (Å²) in [5.74, 6) is -0.262. The van der Waals surface area contributed by atoms with Gasteiger partial charge in [-0.1, -0.05) is 69.5 Å². The van der Waals surface area contributed by atoms with Crippen molar-refractivity contribution in [3.8, 4) is 11.1 Å². The quantitative estimate of drug-likeness (QED) is 0.522. The molecule has 0 radical (unpaired) electrons. The van der Waals surface area contributed by atoms with Gasteiger partial charge in [-0.2, -0.15) is 0 Å². The molecule has 0 aliphatic carbocycles. The summed E-state index contributed by atoms with van der Waals surface area (Å²) in [5.41, 5.74) is 2.21. The minimum absolute atomic E-state index is 0.0280. The Kier molecular flexibility index (Phi) is 6.91. The van der Waals surface area contributed by atoms with E-state index in [4.69, 9.17) is 4.74 Å². The molecule has 0 saturated carbocycles. The fraction of sp³-hybridized carbons (Fsp3) is 0.458. The number of benzene rings is 2. The highest BCUT2D eigenvalue weighted by molar-refractivity contribution is 5.68. The molecule has 5 heteroatoms. The van der Waals surface area contributed by atoms with Gasteiger partial charge >= 0.3 is 6.09 Å². The SMILES string of the molecule is CCCCCC(CC)N(C(=O)O)C1(c2ccc(-c3ccc(F)cc3)cc2)COC1. The molecule has 3 rings (SSSR count). The number of hydrogen-bond donors (Lipinski definition) is 1. The summed E-state index contributed by atoms with van der Waals surface area (Å²) in [7, 11) is 0. The molecule has 1 amide bonds. The number of rotatable bonds is 9. The maximum atomic E-state index is 13.2. The Morgan fingerprint density at radius 2 is 1.66 bits per heavy atom. The molecule has 1 N–H and O–H groups in total. The summed E-state index contributed by atoms with van der Waals surface area (Å²) in [6, 6.07) is 14.3. The summed E-state index contributed by atoms with van der Waals surface area (Å²) in [5, 5.41) is 10.1. The molecule has 1 unspecified atom stereocenters. The first-order valence-electron chi connectivity index (χ1n) is 10.5. The smallest absolute Gasteiger partial charge is 0.408 e. The fourth-order valence-corrected chi connectivity index (χ4v) is 4.19. The lowest BCUT2D eigenvalue weighted by Crippen LogP contribution is -2.64. The minimum Gasteiger partial charge on any atom is -0.465 e. The lowest BCUT2D eigenvalue weighted by atomic mass is 9.83. The van der Waals surface area contributed by atoms with Crippen LogP contribution in [0.4, 0.5) is 9.18 Å². The van der Waals surface area contributed by atoms with E-state index < -0.39 is 11.6 Å². The maximum absolute atomic E-state index is 13.2. The normalized spacial score (nSPS) is 16.1. The predicted molar refractivity (Wildman–Crippen MR) is 112 cm³/mol. The van der Waals surface area contributed by atoms with Crippen LogP contribution in [-0.4, -0.2) is 35.4 Å². The van der Waals surface area contributed by atoms with Gasteiger partial charge in [0.25, 0.3) is 0 Å². The first-order valence-corrected chi connectivity index (χ1v) is 10.5. The average molecular weight is 400 g/mol. The molecule has 29 heavy (non-hydrogen) atoms. The standard InChI is InChI=1S/C24H30FNO3/c1-3-5-6-7-22(4-2)26(23(27)28)24(16-29-17-24)20-12-8-18(9-13-20)19-10-14-21(25)15-11-19/h8-15,22H,3-7,16-17H2,1-2H3,(H,27,28). The molecule has 1 atom stereocenters. The van der Waals surface area contributed by atoms with Gasteiger partial charge in [-0.05, 0) is 41.7 Å². The van der Waals surface area contributed by atoms with E-state index in [-0.39, 0.29) is 11.9 Å². The topological polar surface area (TPSA) is 49.8 Å². The van der Waals surface area contributed by atoms with Gasteiger partial charge in [-0.25, -0.2) is 9.18 Å². The molecule has 1 heterocycles. The Bertz CT molecular complexity index is 800. The number of unbranched alkanes of at least 4 members (excludes halogenated alkanes) is 2. The number of ether oxygens (including phenoxy) is 1.